The highest BCUT2D eigenvalue weighted by molar-refractivity contribution is 7.54. The average molecular weight is 652 g/mol. The fourth-order valence-corrected chi connectivity index (χ4v) is 6.77. The summed E-state index contributed by atoms with van der Waals surface area (Å²) in [5.74, 6) is -3.80. The van der Waals surface area contributed by atoms with Crippen LogP contribution in [0.25, 0.3) is 0 Å². The van der Waals surface area contributed by atoms with E-state index in [0.29, 0.717) is 36.3 Å². The Morgan fingerprint density at radius 3 is 2.35 bits per heavy atom. The molecule has 1 aromatic rings. The number of alkyl carbamates (subject to hydrolysis) is 1. The number of carbonyl (C=O) groups is 3. The van der Waals surface area contributed by atoms with Crippen molar-refractivity contribution in [1.82, 2.24) is 15.5 Å². The summed E-state index contributed by atoms with van der Waals surface area (Å²) < 4.78 is 42.9. The maximum Gasteiger partial charge on any atom is 0.408 e. The minimum atomic E-state index is -4.42. The molecule has 0 spiro atoms. The van der Waals surface area contributed by atoms with Gasteiger partial charge in [0, 0.05) is 32.0 Å². The number of aliphatic hydroxyl groups is 2. The van der Waals surface area contributed by atoms with Gasteiger partial charge in [-0.15, -0.1) is 0 Å². The summed E-state index contributed by atoms with van der Waals surface area (Å²) >= 11 is 5.98. The minimum Gasteiger partial charge on any atom is -0.445 e. The van der Waals surface area contributed by atoms with Crippen molar-refractivity contribution in [3.05, 3.63) is 34.9 Å². The zero-order valence-electron chi connectivity index (χ0n) is 25.1. The predicted molar refractivity (Wildman–Crippen MR) is 158 cm³/mol. The van der Waals surface area contributed by atoms with E-state index in [1.165, 1.54) is 32.8 Å². The Hall–Kier alpha value is -2.28. The maximum atomic E-state index is 13.8. The summed E-state index contributed by atoms with van der Waals surface area (Å²) in [6.07, 6.45) is -1.17. The molecule has 43 heavy (non-hydrogen) atoms. The normalized spacial score (nSPS) is 19.9. The number of nitrogens with zero attached hydrogens (tertiary/aromatic N) is 1. The maximum absolute atomic E-state index is 13.8. The van der Waals surface area contributed by atoms with Gasteiger partial charge in [-0.05, 0) is 69.6 Å². The van der Waals surface area contributed by atoms with Crippen molar-refractivity contribution in [3.8, 4) is 0 Å². The molecular formula is C28H44ClFN3O9P. The molecule has 12 nitrogen and oxygen atoms in total. The van der Waals surface area contributed by atoms with Gasteiger partial charge in [0.25, 0.3) is 0 Å². The lowest BCUT2D eigenvalue weighted by Gasteiger charge is -2.38. The molecule has 4 N–H and O–H groups in total. The van der Waals surface area contributed by atoms with Gasteiger partial charge < -0.3 is 39.5 Å². The number of hydrogen-bond donors (Lipinski definition) is 4. The molecule has 1 fully saturated rings. The molecule has 1 saturated carbocycles. The lowest BCUT2D eigenvalue weighted by Crippen LogP contribution is -2.61. The third kappa shape index (κ3) is 11.6. The molecule has 3 unspecified atom stereocenters. The van der Waals surface area contributed by atoms with E-state index in [-0.39, 0.29) is 38.6 Å². The molecule has 15 heteroatoms. The molecule has 0 bridgehead atoms. The molecule has 244 valence electrons. The zero-order chi connectivity index (χ0) is 32.2. The van der Waals surface area contributed by atoms with Crippen molar-refractivity contribution < 1.29 is 47.3 Å². The minimum absolute atomic E-state index is 0.0716. The van der Waals surface area contributed by atoms with Crippen LogP contribution in [0, 0.1) is 5.92 Å². The van der Waals surface area contributed by atoms with Crippen LogP contribution in [-0.2, 0) is 34.5 Å². The Labute approximate surface area is 257 Å². The van der Waals surface area contributed by atoms with E-state index in [2.05, 4.69) is 10.6 Å². The lowest BCUT2D eigenvalue weighted by atomic mass is 9.83. The predicted octanol–water partition coefficient (Wildman–Crippen LogP) is 4.11. The van der Waals surface area contributed by atoms with Gasteiger partial charge in [-0.1, -0.05) is 23.7 Å². The number of alkyl halides is 1. The molecule has 0 aromatic heterocycles. The monoisotopic (exact) mass is 651 g/mol. The fraction of sp³-hybridized carbons (Fsp3) is 0.679. The summed E-state index contributed by atoms with van der Waals surface area (Å²) in [5.41, 5.74) is -2.06. The van der Waals surface area contributed by atoms with Crippen LogP contribution in [0.2, 0.25) is 5.02 Å². The first-order chi connectivity index (χ1) is 20.2. The summed E-state index contributed by atoms with van der Waals surface area (Å²) in [4.78, 5) is 40.0. The smallest absolute Gasteiger partial charge is 0.408 e. The highest BCUT2D eigenvalue weighted by Crippen LogP contribution is 2.55. The molecule has 2 rings (SSSR count). The van der Waals surface area contributed by atoms with Crippen molar-refractivity contribution in [2.24, 2.45) is 5.92 Å². The third-order valence-electron chi connectivity index (χ3n) is 7.12. The van der Waals surface area contributed by atoms with Crippen LogP contribution in [-0.4, -0.2) is 84.1 Å². The first-order valence-corrected chi connectivity index (χ1v) is 16.3. The topological polar surface area (TPSA) is 164 Å². The molecule has 1 aromatic carbocycles. The van der Waals surface area contributed by atoms with Gasteiger partial charge >= 0.3 is 13.7 Å². The number of ether oxygens (including phenoxy) is 1. The van der Waals surface area contributed by atoms with Gasteiger partial charge in [-0.25, -0.2) is 9.18 Å². The van der Waals surface area contributed by atoms with Crippen molar-refractivity contribution in [2.75, 3.05) is 27.3 Å². The van der Waals surface area contributed by atoms with Gasteiger partial charge in [0.05, 0.1) is 13.2 Å². The first-order valence-electron chi connectivity index (χ1n) is 14.4. The van der Waals surface area contributed by atoms with Crippen molar-refractivity contribution in [1.29, 1.82) is 0 Å². The van der Waals surface area contributed by atoms with Gasteiger partial charge in [0.15, 0.2) is 5.72 Å². The number of amides is 3. The summed E-state index contributed by atoms with van der Waals surface area (Å²) in [6.45, 7) is 2.58. The summed E-state index contributed by atoms with van der Waals surface area (Å²) in [7, 11) is -1.44. The number of halogens is 2. The summed E-state index contributed by atoms with van der Waals surface area (Å²) in [5, 5.41) is 27.9. The average Bonchev–Trinajstić information content (AvgIpc) is 2.95. The molecular weight excluding hydrogens is 608 g/mol. The fourth-order valence-electron chi connectivity index (χ4n) is 4.76. The van der Waals surface area contributed by atoms with E-state index in [0.717, 1.165) is 0 Å². The Morgan fingerprint density at radius 1 is 1.16 bits per heavy atom. The Bertz CT molecular complexity index is 1110. The largest absolute Gasteiger partial charge is 0.445 e. The molecule has 1 aliphatic carbocycles. The molecule has 3 amide bonds. The van der Waals surface area contributed by atoms with E-state index in [4.69, 9.17) is 25.4 Å². The second-order valence-electron chi connectivity index (χ2n) is 10.7. The number of hydrogen-bond acceptors (Lipinski definition) is 9. The van der Waals surface area contributed by atoms with E-state index in [1.54, 1.807) is 24.3 Å². The quantitative estimate of drug-likeness (QED) is 0.152. The van der Waals surface area contributed by atoms with Gasteiger partial charge in [0.2, 0.25) is 17.7 Å². The molecule has 0 radical (unpaired) electrons. The zero-order valence-corrected chi connectivity index (χ0v) is 26.7. The second-order valence-corrected chi connectivity index (χ2v) is 13.2. The van der Waals surface area contributed by atoms with Crippen LogP contribution in [0.4, 0.5) is 9.18 Å². The second kappa shape index (κ2) is 17.3. The van der Waals surface area contributed by atoms with Crippen LogP contribution < -0.4 is 10.6 Å². The van der Waals surface area contributed by atoms with E-state index >= 15 is 0 Å². The van der Waals surface area contributed by atoms with E-state index in [9.17, 15) is 33.6 Å². The number of aliphatic hydroxyl groups excluding tert-OH is 1. The van der Waals surface area contributed by atoms with E-state index in [1.807, 2.05) is 0 Å². The van der Waals surface area contributed by atoms with Crippen LogP contribution in [0.5, 0.6) is 0 Å². The number of nitrogens with one attached hydrogen (secondary N) is 2. The standard InChI is InChI=1S/C28H44ClFN3O9P/c1-5-41-43(39,42-6-2)26(36)28(38,15-14-24(34)33(3)4)32-25(35)23(17-19-10-12-22(30)13-11-19)31-27(37)40-18-20-8-7-9-21(29)16-20/h7-9,16,19,22-23,26,36,38H,5-6,10-15,17-18H2,1-4H3,(H,31,37)(H,32,35). The number of benzene rings is 1. The van der Waals surface area contributed by atoms with Crippen molar-refractivity contribution in [3.63, 3.8) is 0 Å². The summed E-state index contributed by atoms with van der Waals surface area (Å²) in [6, 6.07) is 5.36. The van der Waals surface area contributed by atoms with Crippen LogP contribution >= 0.6 is 19.2 Å². The molecule has 1 aliphatic rings. The number of carbonyl (C=O) groups excluding carboxylic acids is 3. The highest BCUT2D eigenvalue weighted by Gasteiger charge is 2.51. The van der Waals surface area contributed by atoms with Crippen LogP contribution in [0.1, 0.15) is 64.4 Å². The van der Waals surface area contributed by atoms with Gasteiger partial charge in [-0.3, -0.25) is 14.2 Å². The Morgan fingerprint density at radius 2 is 1.79 bits per heavy atom. The third-order valence-corrected chi connectivity index (χ3v) is 9.61. The SMILES string of the molecule is CCOP(=O)(OCC)C(O)C(O)(CCC(=O)N(C)C)NC(=O)C(CC1CCC(F)CC1)NC(=O)OCc1cccc(Cl)c1. The molecule has 0 aliphatic heterocycles. The van der Waals surface area contributed by atoms with Crippen molar-refractivity contribution in [2.45, 2.75) is 89.2 Å². The number of rotatable bonds is 16. The molecule has 0 heterocycles. The highest BCUT2D eigenvalue weighted by atomic mass is 35.5. The van der Waals surface area contributed by atoms with E-state index < -0.39 is 55.7 Å². The van der Waals surface area contributed by atoms with Crippen LogP contribution in [0.15, 0.2) is 24.3 Å². The lowest BCUT2D eigenvalue weighted by molar-refractivity contribution is -0.143. The Kier molecular flexibility index (Phi) is 14.8. The van der Waals surface area contributed by atoms with Gasteiger partial charge in [0.1, 0.15) is 18.8 Å². The molecule has 3 atom stereocenters. The van der Waals surface area contributed by atoms with Crippen molar-refractivity contribution >= 4 is 37.1 Å². The molecule has 0 saturated heterocycles. The Balaban J connectivity index is 2.31. The van der Waals surface area contributed by atoms with Gasteiger partial charge in [-0.2, -0.15) is 0 Å². The van der Waals surface area contributed by atoms with Crippen LogP contribution in [0.3, 0.4) is 0 Å². The first kappa shape index (κ1) is 36.9.